The largest absolute Gasteiger partial charge is 0.489 e. The van der Waals surface area contributed by atoms with E-state index < -0.39 is 0 Å². The Kier molecular flexibility index (Phi) is 5.85. The number of benzene rings is 1. The molecular formula is C22H26FN5O. The van der Waals surface area contributed by atoms with Crippen LogP contribution in [0.4, 0.5) is 4.39 Å². The molecule has 3 aromatic rings. The van der Waals surface area contributed by atoms with E-state index >= 15 is 0 Å². The van der Waals surface area contributed by atoms with Crippen molar-refractivity contribution in [3.05, 3.63) is 55.0 Å². The summed E-state index contributed by atoms with van der Waals surface area (Å²) in [6, 6.07) is 7.16. The molecule has 2 atom stereocenters. The van der Waals surface area contributed by atoms with Crippen LogP contribution in [0.3, 0.4) is 0 Å². The van der Waals surface area contributed by atoms with Gasteiger partial charge in [-0.1, -0.05) is 18.6 Å². The highest BCUT2D eigenvalue weighted by molar-refractivity contribution is 5.64. The summed E-state index contributed by atoms with van der Waals surface area (Å²) >= 11 is 0. The summed E-state index contributed by atoms with van der Waals surface area (Å²) in [5.74, 6) is 0.826. The molecule has 6 nitrogen and oxygen atoms in total. The summed E-state index contributed by atoms with van der Waals surface area (Å²) in [6.07, 6.45) is 11.4. The molecule has 0 bridgehead atoms. The van der Waals surface area contributed by atoms with E-state index in [-0.39, 0.29) is 5.82 Å². The molecule has 0 radical (unpaired) electrons. The van der Waals surface area contributed by atoms with Crippen molar-refractivity contribution < 1.29 is 9.13 Å². The smallest absolute Gasteiger partial charge is 0.163 e. The lowest BCUT2D eigenvalue weighted by molar-refractivity contribution is 0.141. The van der Waals surface area contributed by atoms with Crippen LogP contribution in [0.15, 0.2) is 49.2 Å². The van der Waals surface area contributed by atoms with Crippen LogP contribution in [0.2, 0.25) is 0 Å². The molecule has 1 saturated carbocycles. The average molecular weight is 395 g/mol. The molecule has 2 heterocycles. The zero-order valence-corrected chi connectivity index (χ0v) is 16.8. The Morgan fingerprint density at radius 2 is 2.07 bits per heavy atom. The van der Waals surface area contributed by atoms with E-state index in [9.17, 15) is 4.39 Å². The van der Waals surface area contributed by atoms with E-state index in [1.54, 1.807) is 36.8 Å². The minimum Gasteiger partial charge on any atom is -0.489 e. The van der Waals surface area contributed by atoms with E-state index in [1.807, 2.05) is 0 Å². The van der Waals surface area contributed by atoms with Crippen molar-refractivity contribution in [2.75, 3.05) is 20.7 Å². The molecule has 0 aliphatic heterocycles. The minimum atomic E-state index is -0.325. The number of ether oxygens (including phenoxy) is 1. The van der Waals surface area contributed by atoms with Gasteiger partial charge in [-0.25, -0.2) is 19.0 Å². The monoisotopic (exact) mass is 395 g/mol. The van der Waals surface area contributed by atoms with Gasteiger partial charge in [0.05, 0.1) is 19.0 Å². The van der Waals surface area contributed by atoms with Crippen LogP contribution in [0.25, 0.3) is 16.9 Å². The fraction of sp³-hybridized carbons (Fsp3) is 0.409. The van der Waals surface area contributed by atoms with Gasteiger partial charge in [0.25, 0.3) is 0 Å². The number of nitrogens with zero attached hydrogens (tertiary/aromatic N) is 5. The SMILES string of the molecule is CN(C)[C@H]1CCC[C@H](COc2cncnc2-c2cnn(-c3ccccc3F)c2)C1. The summed E-state index contributed by atoms with van der Waals surface area (Å²) in [5.41, 5.74) is 1.83. The van der Waals surface area contributed by atoms with Gasteiger partial charge in [0.2, 0.25) is 0 Å². The van der Waals surface area contributed by atoms with Crippen LogP contribution in [0.1, 0.15) is 25.7 Å². The second kappa shape index (κ2) is 8.69. The van der Waals surface area contributed by atoms with Crippen LogP contribution in [0.5, 0.6) is 5.75 Å². The number of para-hydroxylation sites is 1. The number of hydrogen-bond donors (Lipinski definition) is 0. The van der Waals surface area contributed by atoms with Crippen LogP contribution < -0.4 is 4.74 Å². The van der Waals surface area contributed by atoms with E-state index in [0.717, 1.165) is 12.0 Å². The first kappa shape index (κ1) is 19.5. The van der Waals surface area contributed by atoms with Gasteiger partial charge in [-0.3, -0.25) is 0 Å². The first-order valence-corrected chi connectivity index (χ1v) is 10.0. The molecule has 1 aromatic carbocycles. The number of rotatable bonds is 6. The van der Waals surface area contributed by atoms with Gasteiger partial charge < -0.3 is 9.64 Å². The normalized spacial score (nSPS) is 19.4. The summed E-state index contributed by atoms with van der Waals surface area (Å²) in [4.78, 5) is 10.8. The summed E-state index contributed by atoms with van der Waals surface area (Å²) < 4.78 is 21.7. The highest BCUT2D eigenvalue weighted by Crippen LogP contribution is 2.31. The lowest BCUT2D eigenvalue weighted by atomic mass is 9.86. The Hall–Kier alpha value is -2.80. The van der Waals surface area contributed by atoms with Gasteiger partial charge in [-0.2, -0.15) is 5.10 Å². The third-order valence-corrected chi connectivity index (χ3v) is 5.59. The summed E-state index contributed by atoms with van der Waals surface area (Å²) in [7, 11) is 4.29. The Morgan fingerprint density at radius 3 is 2.90 bits per heavy atom. The van der Waals surface area contributed by atoms with Crippen molar-refractivity contribution >= 4 is 0 Å². The third-order valence-electron chi connectivity index (χ3n) is 5.59. The molecule has 2 aromatic heterocycles. The second-order valence-electron chi connectivity index (χ2n) is 7.82. The minimum absolute atomic E-state index is 0.325. The molecule has 7 heteroatoms. The summed E-state index contributed by atoms with van der Waals surface area (Å²) in [6.45, 7) is 0.645. The average Bonchev–Trinajstić information content (AvgIpc) is 3.23. The molecule has 0 saturated heterocycles. The molecule has 1 fully saturated rings. The molecule has 0 N–H and O–H groups in total. The van der Waals surface area contributed by atoms with Gasteiger partial charge in [-0.15, -0.1) is 0 Å². The van der Waals surface area contributed by atoms with Gasteiger partial charge in [0.15, 0.2) is 5.75 Å². The first-order chi connectivity index (χ1) is 14.1. The molecule has 0 unspecified atom stereocenters. The van der Waals surface area contributed by atoms with Gasteiger partial charge >= 0.3 is 0 Å². The van der Waals surface area contributed by atoms with Gasteiger partial charge in [0, 0.05) is 17.8 Å². The van der Waals surface area contributed by atoms with Gasteiger partial charge in [-0.05, 0) is 51.4 Å². The van der Waals surface area contributed by atoms with Crippen molar-refractivity contribution in [3.8, 4) is 22.7 Å². The Bertz CT molecular complexity index is 958. The molecule has 0 amide bonds. The zero-order chi connectivity index (χ0) is 20.2. The lowest BCUT2D eigenvalue weighted by Crippen LogP contribution is -2.34. The van der Waals surface area contributed by atoms with Crippen LogP contribution in [-0.4, -0.2) is 51.4 Å². The van der Waals surface area contributed by atoms with Crippen molar-refractivity contribution in [3.63, 3.8) is 0 Å². The van der Waals surface area contributed by atoms with E-state index in [1.165, 1.54) is 36.3 Å². The molecule has 152 valence electrons. The lowest BCUT2D eigenvalue weighted by Gasteiger charge is -2.33. The fourth-order valence-electron chi connectivity index (χ4n) is 3.94. The third kappa shape index (κ3) is 4.45. The molecular weight excluding hydrogens is 369 g/mol. The zero-order valence-electron chi connectivity index (χ0n) is 16.8. The number of aromatic nitrogens is 4. The molecule has 4 rings (SSSR count). The van der Waals surface area contributed by atoms with E-state index in [2.05, 4.69) is 34.1 Å². The maximum Gasteiger partial charge on any atom is 0.163 e. The van der Waals surface area contributed by atoms with Crippen molar-refractivity contribution in [1.82, 2.24) is 24.6 Å². The topological polar surface area (TPSA) is 56.1 Å². The van der Waals surface area contributed by atoms with Gasteiger partial charge in [0.1, 0.15) is 23.5 Å². The van der Waals surface area contributed by atoms with Crippen molar-refractivity contribution in [2.45, 2.75) is 31.7 Å². The molecule has 1 aliphatic carbocycles. The predicted octanol–water partition coefficient (Wildman–Crippen LogP) is 3.97. The predicted molar refractivity (Wildman–Crippen MR) is 109 cm³/mol. The Balaban J connectivity index is 1.50. The highest BCUT2D eigenvalue weighted by atomic mass is 19.1. The van der Waals surface area contributed by atoms with E-state index in [0.29, 0.717) is 35.7 Å². The van der Waals surface area contributed by atoms with Crippen molar-refractivity contribution in [2.24, 2.45) is 5.92 Å². The maximum absolute atomic E-state index is 14.1. The highest BCUT2D eigenvalue weighted by Gasteiger charge is 2.24. The standard InChI is InChI=1S/C22H26FN5O/c1-27(2)18-7-5-6-16(10-18)14-29-21-12-24-15-25-22(21)17-11-26-28(13-17)20-9-4-3-8-19(20)23/h3-4,8-9,11-13,15-16,18H,5-7,10,14H2,1-2H3/t16-,18-/m0/s1. The van der Waals surface area contributed by atoms with Crippen LogP contribution >= 0.6 is 0 Å². The fourth-order valence-corrected chi connectivity index (χ4v) is 3.94. The second-order valence-corrected chi connectivity index (χ2v) is 7.82. The van der Waals surface area contributed by atoms with Crippen molar-refractivity contribution in [1.29, 1.82) is 0 Å². The summed E-state index contributed by atoms with van der Waals surface area (Å²) in [5, 5.41) is 4.30. The number of halogens is 1. The van der Waals surface area contributed by atoms with Crippen LogP contribution in [-0.2, 0) is 0 Å². The number of hydrogen-bond acceptors (Lipinski definition) is 5. The van der Waals surface area contributed by atoms with E-state index in [4.69, 9.17) is 4.74 Å². The Labute approximate surface area is 170 Å². The first-order valence-electron chi connectivity index (χ1n) is 10.0. The van der Waals surface area contributed by atoms with Crippen LogP contribution in [0, 0.1) is 11.7 Å². The Morgan fingerprint density at radius 1 is 1.21 bits per heavy atom. The quantitative estimate of drug-likeness (QED) is 0.632. The molecule has 0 spiro atoms. The molecule has 29 heavy (non-hydrogen) atoms. The molecule has 1 aliphatic rings. The maximum atomic E-state index is 14.1.